The SMILES string of the molecule is Cc1nn(C)c(CC(C)(O)CC(C)C)c1Br. The molecule has 0 spiro atoms. The van der Waals surface area contributed by atoms with Crippen molar-refractivity contribution in [2.75, 3.05) is 0 Å². The average Bonchev–Trinajstić information content (AvgIpc) is 2.29. The highest BCUT2D eigenvalue weighted by Crippen LogP contribution is 2.27. The third-order valence-corrected chi connectivity index (χ3v) is 3.69. The van der Waals surface area contributed by atoms with Gasteiger partial charge in [0.25, 0.3) is 0 Å². The average molecular weight is 289 g/mol. The zero-order valence-corrected chi connectivity index (χ0v) is 12.3. The summed E-state index contributed by atoms with van der Waals surface area (Å²) >= 11 is 3.53. The highest BCUT2D eigenvalue weighted by molar-refractivity contribution is 9.10. The number of hydrogen-bond donors (Lipinski definition) is 1. The number of hydrogen-bond acceptors (Lipinski definition) is 2. The maximum Gasteiger partial charge on any atom is 0.0738 e. The van der Waals surface area contributed by atoms with Crippen molar-refractivity contribution in [1.82, 2.24) is 9.78 Å². The lowest BCUT2D eigenvalue weighted by molar-refractivity contribution is 0.0369. The van der Waals surface area contributed by atoms with Crippen molar-refractivity contribution in [2.24, 2.45) is 13.0 Å². The van der Waals surface area contributed by atoms with Crippen molar-refractivity contribution in [3.63, 3.8) is 0 Å². The van der Waals surface area contributed by atoms with Crippen LogP contribution < -0.4 is 0 Å². The van der Waals surface area contributed by atoms with Crippen LogP contribution in [-0.2, 0) is 13.5 Å². The highest BCUT2D eigenvalue weighted by Gasteiger charge is 2.25. The quantitative estimate of drug-likeness (QED) is 0.925. The topological polar surface area (TPSA) is 38.0 Å². The van der Waals surface area contributed by atoms with Gasteiger partial charge in [-0.2, -0.15) is 5.10 Å². The Morgan fingerprint density at radius 2 is 2.06 bits per heavy atom. The summed E-state index contributed by atoms with van der Waals surface area (Å²) in [6.45, 7) is 8.10. The fraction of sp³-hybridized carbons (Fsp3) is 0.750. The highest BCUT2D eigenvalue weighted by atomic mass is 79.9. The molecule has 4 heteroatoms. The predicted octanol–water partition coefficient (Wildman–Crippen LogP) is 2.83. The zero-order valence-electron chi connectivity index (χ0n) is 10.7. The molecule has 92 valence electrons. The first-order valence-electron chi connectivity index (χ1n) is 5.63. The molecule has 1 N–H and O–H groups in total. The van der Waals surface area contributed by atoms with Crippen LogP contribution in [0.2, 0.25) is 0 Å². The van der Waals surface area contributed by atoms with Gasteiger partial charge in [0.1, 0.15) is 0 Å². The molecule has 0 amide bonds. The van der Waals surface area contributed by atoms with Crippen molar-refractivity contribution in [1.29, 1.82) is 0 Å². The molecular formula is C12H21BrN2O. The van der Waals surface area contributed by atoms with Crippen LogP contribution in [0.15, 0.2) is 4.47 Å². The Labute approximate surface area is 106 Å². The largest absolute Gasteiger partial charge is 0.390 e. The fourth-order valence-electron chi connectivity index (χ4n) is 2.18. The van der Waals surface area contributed by atoms with E-state index in [1.807, 2.05) is 25.6 Å². The first kappa shape index (κ1) is 13.7. The summed E-state index contributed by atoms with van der Waals surface area (Å²) < 4.78 is 2.85. The third kappa shape index (κ3) is 3.32. The van der Waals surface area contributed by atoms with E-state index in [0.29, 0.717) is 12.3 Å². The van der Waals surface area contributed by atoms with Gasteiger partial charge < -0.3 is 5.11 Å². The van der Waals surface area contributed by atoms with Crippen LogP contribution in [0.4, 0.5) is 0 Å². The maximum atomic E-state index is 10.3. The van der Waals surface area contributed by atoms with Crippen molar-refractivity contribution in [3.05, 3.63) is 15.9 Å². The predicted molar refractivity (Wildman–Crippen MR) is 69.4 cm³/mol. The molecule has 1 heterocycles. The number of aryl methyl sites for hydroxylation is 2. The Bertz CT molecular complexity index is 369. The van der Waals surface area contributed by atoms with Gasteiger partial charge in [0.2, 0.25) is 0 Å². The van der Waals surface area contributed by atoms with Crippen LogP contribution in [0.1, 0.15) is 38.6 Å². The van der Waals surface area contributed by atoms with Gasteiger partial charge in [-0.25, -0.2) is 0 Å². The molecule has 1 aromatic heterocycles. The summed E-state index contributed by atoms with van der Waals surface area (Å²) in [4.78, 5) is 0. The Balaban J connectivity index is 2.87. The zero-order chi connectivity index (χ0) is 12.5. The van der Waals surface area contributed by atoms with Crippen LogP contribution in [0.5, 0.6) is 0 Å². The van der Waals surface area contributed by atoms with Gasteiger partial charge in [-0.15, -0.1) is 0 Å². The van der Waals surface area contributed by atoms with Crippen LogP contribution >= 0.6 is 15.9 Å². The van der Waals surface area contributed by atoms with E-state index in [1.54, 1.807) is 0 Å². The van der Waals surface area contributed by atoms with Crippen LogP contribution in [0, 0.1) is 12.8 Å². The summed E-state index contributed by atoms with van der Waals surface area (Å²) in [5.74, 6) is 0.489. The minimum Gasteiger partial charge on any atom is -0.390 e. The Morgan fingerprint density at radius 1 is 1.50 bits per heavy atom. The van der Waals surface area contributed by atoms with E-state index in [-0.39, 0.29) is 0 Å². The summed E-state index contributed by atoms with van der Waals surface area (Å²) in [6, 6.07) is 0. The molecular weight excluding hydrogens is 268 g/mol. The Hall–Kier alpha value is -0.350. The second kappa shape index (κ2) is 4.88. The summed E-state index contributed by atoms with van der Waals surface area (Å²) in [7, 11) is 1.92. The number of rotatable bonds is 4. The lowest BCUT2D eigenvalue weighted by Crippen LogP contribution is -2.30. The molecule has 1 rings (SSSR count). The van der Waals surface area contributed by atoms with Crippen LogP contribution in [0.3, 0.4) is 0 Å². The fourth-order valence-corrected chi connectivity index (χ4v) is 2.66. The summed E-state index contributed by atoms with van der Waals surface area (Å²) in [5.41, 5.74) is 1.36. The second-order valence-corrected chi connectivity index (χ2v) is 6.03. The molecule has 0 radical (unpaired) electrons. The number of nitrogens with zero attached hydrogens (tertiary/aromatic N) is 2. The maximum absolute atomic E-state index is 10.3. The Kier molecular flexibility index (Phi) is 4.18. The molecule has 3 nitrogen and oxygen atoms in total. The molecule has 1 atom stereocenters. The summed E-state index contributed by atoms with van der Waals surface area (Å²) in [6.07, 6.45) is 1.42. The number of aromatic nitrogens is 2. The lowest BCUT2D eigenvalue weighted by atomic mass is 9.90. The molecule has 0 aliphatic heterocycles. The van der Waals surface area contributed by atoms with Crippen molar-refractivity contribution in [3.8, 4) is 0 Å². The molecule has 1 unspecified atom stereocenters. The van der Waals surface area contributed by atoms with Crippen molar-refractivity contribution >= 4 is 15.9 Å². The molecule has 0 aliphatic carbocycles. The molecule has 0 bridgehead atoms. The minimum atomic E-state index is -0.670. The Morgan fingerprint density at radius 3 is 2.44 bits per heavy atom. The first-order chi connectivity index (χ1) is 7.23. The van der Waals surface area contributed by atoms with E-state index < -0.39 is 5.60 Å². The number of halogens is 1. The monoisotopic (exact) mass is 288 g/mol. The van der Waals surface area contributed by atoms with E-state index >= 15 is 0 Å². The van der Waals surface area contributed by atoms with Crippen molar-refractivity contribution < 1.29 is 5.11 Å². The van der Waals surface area contributed by atoms with Gasteiger partial charge in [0.05, 0.1) is 21.5 Å². The van der Waals surface area contributed by atoms with Gasteiger partial charge in [-0.3, -0.25) is 4.68 Å². The smallest absolute Gasteiger partial charge is 0.0738 e. The van der Waals surface area contributed by atoms with Crippen molar-refractivity contribution in [2.45, 2.75) is 46.1 Å². The van der Waals surface area contributed by atoms with E-state index in [4.69, 9.17) is 0 Å². The number of aliphatic hydroxyl groups is 1. The van der Waals surface area contributed by atoms with Crippen LogP contribution in [0.25, 0.3) is 0 Å². The van der Waals surface area contributed by atoms with Gasteiger partial charge in [0, 0.05) is 13.5 Å². The molecule has 0 aromatic carbocycles. The second-order valence-electron chi connectivity index (χ2n) is 5.24. The van der Waals surface area contributed by atoms with Crippen LogP contribution in [-0.4, -0.2) is 20.5 Å². The standard InChI is InChI=1S/C12H21BrN2O/c1-8(2)6-12(4,16)7-10-11(13)9(3)14-15(10)5/h8,16H,6-7H2,1-5H3. The third-order valence-electron chi connectivity index (χ3n) is 2.66. The van der Waals surface area contributed by atoms with E-state index in [0.717, 1.165) is 22.3 Å². The molecule has 0 fully saturated rings. The van der Waals surface area contributed by atoms with Gasteiger partial charge >= 0.3 is 0 Å². The molecule has 1 aromatic rings. The van der Waals surface area contributed by atoms with Gasteiger partial charge in [-0.05, 0) is 42.1 Å². The molecule has 0 aliphatic rings. The molecule has 16 heavy (non-hydrogen) atoms. The van der Waals surface area contributed by atoms with E-state index in [2.05, 4.69) is 34.9 Å². The molecule has 0 saturated heterocycles. The first-order valence-corrected chi connectivity index (χ1v) is 6.42. The van der Waals surface area contributed by atoms with Gasteiger partial charge in [-0.1, -0.05) is 13.8 Å². The lowest BCUT2D eigenvalue weighted by Gasteiger charge is -2.25. The normalized spacial score (nSPS) is 15.5. The van der Waals surface area contributed by atoms with E-state index in [9.17, 15) is 5.11 Å². The van der Waals surface area contributed by atoms with Gasteiger partial charge in [0.15, 0.2) is 0 Å². The summed E-state index contributed by atoms with van der Waals surface area (Å²) in [5, 5.41) is 14.7. The minimum absolute atomic E-state index is 0.489. The van der Waals surface area contributed by atoms with E-state index in [1.165, 1.54) is 0 Å². The molecule has 0 saturated carbocycles.